The summed E-state index contributed by atoms with van der Waals surface area (Å²) in [4.78, 5) is 28.5. The molecular weight excluding hydrogens is 340 g/mol. The molecule has 0 saturated carbocycles. The van der Waals surface area contributed by atoms with E-state index in [9.17, 15) is 9.59 Å². The second-order valence-electron chi connectivity index (χ2n) is 8.20. The SMILES string of the molecule is CCC(=O)Nc1ccc(N(C)C)c(CN(C(=O)NC(C)(C)C)C(C)CC)c1. The van der Waals surface area contributed by atoms with Crippen molar-refractivity contribution in [3.63, 3.8) is 0 Å². The highest BCUT2D eigenvalue weighted by molar-refractivity contribution is 5.91. The molecule has 0 heterocycles. The lowest BCUT2D eigenvalue weighted by molar-refractivity contribution is -0.115. The van der Waals surface area contributed by atoms with Crippen molar-refractivity contribution in [3.05, 3.63) is 23.8 Å². The summed E-state index contributed by atoms with van der Waals surface area (Å²) in [5, 5.41) is 5.97. The molecule has 0 aliphatic carbocycles. The molecule has 0 spiro atoms. The fourth-order valence-electron chi connectivity index (χ4n) is 2.70. The van der Waals surface area contributed by atoms with Crippen LogP contribution in [0.5, 0.6) is 0 Å². The molecule has 1 atom stereocenters. The quantitative estimate of drug-likeness (QED) is 0.749. The molecule has 0 radical (unpaired) electrons. The highest BCUT2D eigenvalue weighted by Crippen LogP contribution is 2.26. The molecule has 6 nitrogen and oxygen atoms in total. The van der Waals surface area contributed by atoms with E-state index in [1.165, 1.54) is 0 Å². The second-order valence-corrected chi connectivity index (χ2v) is 8.20. The number of rotatable bonds is 7. The van der Waals surface area contributed by atoms with Gasteiger partial charge >= 0.3 is 6.03 Å². The first-order valence-electron chi connectivity index (χ1n) is 9.67. The molecule has 0 aromatic heterocycles. The van der Waals surface area contributed by atoms with E-state index in [0.29, 0.717) is 13.0 Å². The Hall–Kier alpha value is -2.24. The minimum atomic E-state index is -0.301. The van der Waals surface area contributed by atoms with E-state index in [2.05, 4.69) is 24.5 Å². The molecule has 1 aromatic carbocycles. The molecule has 0 fully saturated rings. The number of nitrogens with zero attached hydrogens (tertiary/aromatic N) is 2. The zero-order valence-electron chi connectivity index (χ0n) is 18.1. The lowest BCUT2D eigenvalue weighted by Crippen LogP contribution is -2.51. The van der Waals surface area contributed by atoms with E-state index in [4.69, 9.17) is 0 Å². The van der Waals surface area contributed by atoms with Gasteiger partial charge in [0, 0.05) is 50.0 Å². The van der Waals surface area contributed by atoms with Crippen LogP contribution < -0.4 is 15.5 Å². The molecule has 1 unspecified atom stereocenters. The maximum Gasteiger partial charge on any atom is 0.318 e. The Bertz CT molecular complexity index is 650. The highest BCUT2D eigenvalue weighted by Gasteiger charge is 2.24. The molecule has 0 aliphatic heterocycles. The van der Waals surface area contributed by atoms with E-state index in [1.54, 1.807) is 0 Å². The summed E-state index contributed by atoms with van der Waals surface area (Å²) in [7, 11) is 3.96. The second kappa shape index (κ2) is 9.62. The average molecular weight is 377 g/mol. The van der Waals surface area contributed by atoms with Crippen LogP contribution in [0.2, 0.25) is 0 Å². The van der Waals surface area contributed by atoms with Gasteiger partial charge in [-0.1, -0.05) is 13.8 Å². The monoisotopic (exact) mass is 376 g/mol. The minimum Gasteiger partial charge on any atom is -0.377 e. The summed E-state index contributed by atoms with van der Waals surface area (Å²) in [6, 6.07) is 5.86. The van der Waals surface area contributed by atoms with Gasteiger partial charge in [-0.25, -0.2) is 4.79 Å². The lowest BCUT2D eigenvalue weighted by atomic mass is 10.1. The van der Waals surface area contributed by atoms with Crippen LogP contribution in [0.1, 0.15) is 59.9 Å². The molecule has 1 aromatic rings. The van der Waals surface area contributed by atoms with Gasteiger partial charge in [0.25, 0.3) is 0 Å². The van der Waals surface area contributed by atoms with E-state index in [0.717, 1.165) is 23.4 Å². The normalized spacial score (nSPS) is 12.3. The molecule has 0 aliphatic rings. The lowest BCUT2D eigenvalue weighted by Gasteiger charge is -2.33. The Labute approximate surface area is 164 Å². The number of nitrogens with one attached hydrogen (secondary N) is 2. The van der Waals surface area contributed by atoms with Crippen LogP contribution in [0, 0.1) is 0 Å². The van der Waals surface area contributed by atoms with Crippen LogP contribution in [0.3, 0.4) is 0 Å². The Morgan fingerprint density at radius 1 is 1.15 bits per heavy atom. The van der Waals surface area contributed by atoms with E-state index in [1.807, 2.05) is 69.8 Å². The molecule has 1 rings (SSSR count). The van der Waals surface area contributed by atoms with Crippen LogP contribution in [0.4, 0.5) is 16.2 Å². The number of amides is 3. The van der Waals surface area contributed by atoms with Gasteiger partial charge in [0.1, 0.15) is 0 Å². The zero-order chi connectivity index (χ0) is 20.8. The minimum absolute atomic E-state index is 0.0252. The fraction of sp³-hybridized carbons (Fsp3) is 0.619. The van der Waals surface area contributed by atoms with Crippen LogP contribution in [-0.4, -0.2) is 42.5 Å². The van der Waals surface area contributed by atoms with Gasteiger partial charge in [0.15, 0.2) is 0 Å². The summed E-state index contributed by atoms with van der Waals surface area (Å²) in [6.07, 6.45) is 1.29. The van der Waals surface area contributed by atoms with Gasteiger partial charge in [-0.05, 0) is 57.9 Å². The molecule has 0 bridgehead atoms. The summed E-state index contributed by atoms with van der Waals surface area (Å²) < 4.78 is 0. The predicted octanol–water partition coefficient (Wildman–Crippen LogP) is 4.21. The third-order valence-electron chi connectivity index (χ3n) is 4.37. The number of urea groups is 1. The van der Waals surface area contributed by atoms with Crippen LogP contribution in [0.15, 0.2) is 18.2 Å². The Kier molecular flexibility index (Phi) is 8.13. The first kappa shape index (κ1) is 22.8. The van der Waals surface area contributed by atoms with Crippen molar-refractivity contribution in [3.8, 4) is 0 Å². The van der Waals surface area contributed by atoms with Crippen molar-refractivity contribution in [2.45, 2.75) is 72.5 Å². The van der Waals surface area contributed by atoms with Crippen molar-refractivity contribution in [1.82, 2.24) is 10.2 Å². The molecule has 0 saturated heterocycles. The average Bonchev–Trinajstić information content (AvgIpc) is 2.57. The fourth-order valence-corrected chi connectivity index (χ4v) is 2.70. The van der Waals surface area contributed by atoms with Crippen LogP contribution in [0.25, 0.3) is 0 Å². The number of anilines is 2. The summed E-state index contributed by atoms with van der Waals surface area (Å²) in [5.41, 5.74) is 2.48. The Morgan fingerprint density at radius 3 is 2.26 bits per heavy atom. The Morgan fingerprint density at radius 2 is 1.78 bits per heavy atom. The number of hydrogen-bond acceptors (Lipinski definition) is 3. The Balaban J connectivity index is 3.22. The van der Waals surface area contributed by atoms with Crippen molar-refractivity contribution in [2.75, 3.05) is 24.3 Å². The number of hydrogen-bond donors (Lipinski definition) is 2. The van der Waals surface area contributed by atoms with E-state index in [-0.39, 0.29) is 23.5 Å². The van der Waals surface area contributed by atoms with Crippen molar-refractivity contribution in [1.29, 1.82) is 0 Å². The molecule has 152 valence electrons. The van der Waals surface area contributed by atoms with Crippen LogP contribution in [-0.2, 0) is 11.3 Å². The predicted molar refractivity (Wildman–Crippen MR) is 113 cm³/mol. The smallest absolute Gasteiger partial charge is 0.318 e. The highest BCUT2D eigenvalue weighted by atomic mass is 16.2. The molecule has 2 N–H and O–H groups in total. The first-order chi connectivity index (χ1) is 12.5. The van der Waals surface area contributed by atoms with Gasteiger partial charge in [0.2, 0.25) is 5.91 Å². The van der Waals surface area contributed by atoms with Crippen molar-refractivity contribution < 1.29 is 9.59 Å². The first-order valence-corrected chi connectivity index (χ1v) is 9.67. The summed E-state index contributed by atoms with van der Waals surface area (Å²) in [6.45, 7) is 12.4. The number of benzene rings is 1. The molecule has 3 amide bonds. The van der Waals surface area contributed by atoms with Gasteiger partial charge in [0.05, 0.1) is 0 Å². The standard InChI is InChI=1S/C21H36N4O2/c1-9-15(3)25(20(27)23-21(4,5)6)14-16-13-17(22-19(26)10-2)11-12-18(16)24(7)8/h11-13,15H,9-10,14H2,1-8H3,(H,22,26)(H,23,27). The van der Waals surface area contributed by atoms with E-state index < -0.39 is 0 Å². The topological polar surface area (TPSA) is 64.7 Å². The largest absolute Gasteiger partial charge is 0.377 e. The maximum atomic E-state index is 12.9. The van der Waals surface area contributed by atoms with Gasteiger partial charge in [-0.3, -0.25) is 4.79 Å². The van der Waals surface area contributed by atoms with E-state index >= 15 is 0 Å². The third kappa shape index (κ3) is 7.12. The summed E-state index contributed by atoms with van der Waals surface area (Å²) in [5.74, 6) is -0.0252. The van der Waals surface area contributed by atoms with Crippen molar-refractivity contribution >= 4 is 23.3 Å². The molecular formula is C21H36N4O2. The maximum absolute atomic E-state index is 12.9. The zero-order valence-corrected chi connectivity index (χ0v) is 18.1. The number of carbonyl (C=O) groups excluding carboxylic acids is 2. The van der Waals surface area contributed by atoms with Gasteiger partial charge in [-0.2, -0.15) is 0 Å². The molecule has 6 heteroatoms. The summed E-state index contributed by atoms with van der Waals surface area (Å²) >= 11 is 0. The van der Waals surface area contributed by atoms with Crippen LogP contribution >= 0.6 is 0 Å². The van der Waals surface area contributed by atoms with Gasteiger partial charge < -0.3 is 20.4 Å². The van der Waals surface area contributed by atoms with Crippen molar-refractivity contribution in [2.24, 2.45) is 0 Å². The molecule has 27 heavy (non-hydrogen) atoms. The number of carbonyl (C=O) groups is 2. The third-order valence-corrected chi connectivity index (χ3v) is 4.37. The van der Waals surface area contributed by atoms with Gasteiger partial charge in [-0.15, -0.1) is 0 Å².